The van der Waals surface area contributed by atoms with Crippen molar-refractivity contribution in [1.29, 1.82) is 0 Å². The molecule has 0 atom stereocenters. The van der Waals surface area contributed by atoms with E-state index in [1.807, 2.05) is 30.3 Å². The van der Waals surface area contributed by atoms with Crippen LogP contribution in [0, 0.1) is 0 Å². The van der Waals surface area contributed by atoms with Crippen molar-refractivity contribution < 1.29 is 4.52 Å². The average molecular weight is 337 g/mol. The minimum atomic E-state index is 0.588. The molecule has 1 saturated heterocycles. The number of benzene rings is 1. The number of aryl methyl sites for hydroxylation is 1. The molecule has 0 spiro atoms. The van der Waals surface area contributed by atoms with E-state index in [0.717, 1.165) is 73.7 Å². The molecule has 4 rings (SSSR count). The fraction of sp³-hybridized carbons (Fsp3) is 0.421. The maximum atomic E-state index is 5.61. The maximum absolute atomic E-state index is 5.61. The highest BCUT2D eigenvalue weighted by atomic mass is 16.5. The Bertz CT molecular complexity index is 838. The van der Waals surface area contributed by atoms with Crippen LogP contribution in [0.3, 0.4) is 0 Å². The number of hydrogen-bond donors (Lipinski definition) is 1. The quantitative estimate of drug-likeness (QED) is 0.789. The molecule has 0 aliphatic carbocycles. The number of anilines is 1. The Kier molecular flexibility index (Phi) is 4.61. The molecule has 1 fully saturated rings. The van der Waals surface area contributed by atoms with Gasteiger partial charge in [0.15, 0.2) is 0 Å². The fourth-order valence-corrected chi connectivity index (χ4v) is 3.29. The molecule has 130 valence electrons. The van der Waals surface area contributed by atoms with Crippen molar-refractivity contribution in [2.24, 2.45) is 0 Å². The van der Waals surface area contributed by atoms with Crippen molar-refractivity contribution in [3.63, 3.8) is 0 Å². The number of aromatic nitrogens is 3. The lowest BCUT2D eigenvalue weighted by Crippen LogP contribution is -2.29. The number of hydrogen-bond acceptors (Lipinski definition) is 6. The first-order valence-electron chi connectivity index (χ1n) is 9.04. The first-order valence-corrected chi connectivity index (χ1v) is 9.04. The summed E-state index contributed by atoms with van der Waals surface area (Å²) < 4.78 is 5.61. The van der Waals surface area contributed by atoms with Crippen molar-refractivity contribution in [2.45, 2.75) is 26.2 Å². The Hall–Kier alpha value is -2.47. The van der Waals surface area contributed by atoms with Gasteiger partial charge in [0.25, 0.3) is 5.71 Å². The lowest BCUT2D eigenvalue weighted by molar-refractivity contribution is 0.450. The Labute approximate surface area is 147 Å². The van der Waals surface area contributed by atoms with Crippen molar-refractivity contribution in [2.75, 3.05) is 31.1 Å². The maximum Gasteiger partial charge on any atom is 0.263 e. The Balaban J connectivity index is 1.88. The highest BCUT2D eigenvalue weighted by Crippen LogP contribution is 2.34. The predicted octanol–water partition coefficient (Wildman–Crippen LogP) is 3.04. The smallest absolute Gasteiger partial charge is 0.263 e. The lowest BCUT2D eigenvalue weighted by atomic mass is 10.1. The van der Waals surface area contributed by atoms with E-state index in [9.17, 15) is 0 Å². The molecule has 3 aromatic rings. The zero-order valence-corrected chi connectivity index (χ0v) is 14.5. The Morgan fingerprint density at radius 3 is 2.84 bits per heavy atom. The summed E-state index contributed by atoms with van der Waals surface area (Å²) >= 11 is 0. The van der Waals surface area contributed by atoms with Crippen LogP contribution in [0.2, 0.25) is 0 Å². The second-order valence-corrected chi connectivity index (χ2v) is 6.38. The third kappa shape index (κ3) is 3.22. The average Bonchev–Trinajstić information content (AvgIpc) is 2.88. The highest BCUT2D eigenvalue weighted by Gasteiger charge is 2.22. The highest BCUT2D eigenvalue weighted by molar-refractivity contribution is 5.98. The van der Waals surface area contributed by atoms with Gasteiger partial charge in [-0.2, -0.15) is 4.98 Å². The molecule has 6 heteroatoms. The second-order valence-electron chi connectivity index (χ2n) is 6.38. The van der Waals surface area contributed by atoms with Gasteiger partial charge in [0, 0.05) is 31.6 Å². The first kappa shape index (κ1) is 16.0. The predicted molar refractivity (Wildman–Crippen MR) is 98.7 cm³/mol. The molecule has 0 amide bonds. The lowest BCUT2D eigenvalue weighted by Gasteiger charge is -2.22. The second kappa shape index (κ2) is 7.19. The molecule has 1 aliphatic heterocycles. The minimum Gasteiger partial charge on any atom is -0.354 e. The summed E-state index contributed by atoms with van der Waals surface area (Å²) in [4.78, 5) is 11.8. The van der Waals surface area contributed by atoms with Crippen LogP contribution in [0.4, 0.5) is 5.82 Å². The van der Waals surface area contributed by atoms with Gasteiger partial charge in [0.1, 0.15) is 22.7 Å². The molecule has 1 aromatic carbocycles. The molecule has 2 aromatic heterocycles. The summed E-state index contributed by atoms with van der Waals surface area (Å²) in [6, 6.07) is 10.1. The third-order valence-electron chi connectivity index (χ3n) is 4.52. The van der Waals surface area contributed by atoms with Gasteiger partial charge in [-0.25, -0.2) is 4.98 Å². The van der Waals surface area contributed by atoms with E-state index < -0.39 is 0 Å². The van der Waals surface area contributed by atoms with Gasteiger partial charge in [0.2, 0.25) is 0 Å². The van der Waals surface area contributed by atoms with Crippen molar-refractivity contribution >= 4 is 16.9 Å². The molecule has 0 unspecified atom stereocenters. The summed E-state index contributed by atoms with van der Waals surface area (Å²) in [5.41, 5.74) is 2.44. The number of fused-ring (bicyclic) bond motifs is 1. The number of rotatable bonds is 4. The van der Waals surface area contributed by atoms with E-state index in [1.54, 1.807) is 0 Å². The zero-order valence-electron chi connectivity index (χ0n) is 14.5. The number of nitrogens with zero attached hydrogens (tertiary/aromatic N) is 4. The molecular weight excluding hydrogens is 314 g/mol. The largest absolute Gasteiger partial charge is 0.354 e. The SMILES string of the molecule is CCCc1nc(N2CCCNCC2)c2c(-c3ccccc3)noc2n1. The summed E-state index contributed by atoms with van der Waals surface area (Å²) in [5.74, 6) is 1.79. The molecule has 1 aliphatic rings. The van der Waals surface area contributed by atoms with Crippen LogP contribution in [-0.4, -0.2) is 41.3 Å². The summed E-state index contributed by atoms with van der Waals surface area (Å²) in [6.07, 6.45) is 2.95. The minimum absolute atomic E-state index is 0.588. The summed E-state index contributed by atoms with van der Waals surface area (Å²) in [5, 5.41) is 8.70. The molecule has 25 heavy (non-hydrogen) atoms. The van der Waals surface area contributed by atoms with Crippen LogP contribution >= 0.6 is 0 Å². The van der Waals surface area contributed by atoms with Gasteiger partial charge in [-0.05, 0) is 19.4 Å². The van der Waals surface area contributed by atoms with Gasteiger partial charge in [0.05, 0.1) is 0 Å². The topological polar surface area (TPSA) is 67.1 Å². The molecular formula is C19H23N5O. The standard InChI is InChI=1S/C19H23N5O/c1-2-7-15-21-18(24-12-6-10-20-11-13-24)16-17(23-25-19(16)22-15)14-8-4-3-5-9-14/h3-5,8-9,20H,2,6-7,10-13H2,1H3. The van der Waals surface area contributed by atoms with E-state index in [1.165, 1.54) is 0 Å². The summed E-state index contributed by atoms with van der Waals surface area (Å²) in [6.45, 7) is 6.04. The third-order valence-corrected chi connectivity index (χ3v) is 4.52. The van der Waals surface area contributed by atoms with E-state index in [2.05, 4.69) is 27.3 Å². The molecule has 0 bridgehead atoms. The normalized spacial score (nSPS) is 15.5. The zero-order chi connectivity index (χ0) is 17.1. The van der Waals surface area contributed by atoms with Crippen LogP contribution in [0.15, 0.2) is 34.9 Å². The molecule has 0 saturated carbocycles. The fourth-order valence-electron chi connectivity index (χ4n) is 3.29. The first-order chi connectivity index (χ1) is 12.4. The summed E-state index contributed by atoms with van der Waals surface area (Å²) in [7, 11) is 0. The van der Waals surface area contributed by atoms with Crippen LogP contribution < -0.4 is 10.2 Å². The van der Waals surface area contributed by atoms with Crippen LogP contribution in [0.25, 0.3) is 22.4 Å². The Morgan fingerprint density at radius 1 is 1.12 bits per heavy atom. The van der Waals surface area contributed by atoms with Crippen molar-refractivity contribution in [3.8, 4) is 11.3 Å². The van der Waals surface area contributed by atoms with Crippen LogP contribution in [0.5, 0.6) is 0 Å². The molecule has 1 N–H and O–H groups in total. The van der Waals surface area contributed by atoms with Gasteiger partial charge in [-0.15, -0.1) is 0 Å². The van der Waals surface area contributed by atoms with Gasteiger partial charge in [-0.3, -0.25) is 0 Å². The van der Waals surface area contributed by atoms with Crippen LogP contribution in [0.1, 0.15) is 25.6 Å². The van der Waals surface area contributed by atoms with Crippen LogP contribution in [-0.2, 0) is 6.42 Å². The number of nitrogens with one attached hydrogen (secondary N) is 1. The molecule has 3 heterocycles. The van der Waals surface area contributed by atoms with E-state index in [4.69, 9.17) is 9.51 Å². The van der Waals surface area contributed by atoms with Gasteiger partial charge < -0.3 is 14.7 Å². The van der Waals surface area contributed by atoms with E-state index in [0.29, 0.717) is 5.71 Å². The van der Waals surface area contributed by atoms with E-state index >= 15 is 0 Å². The molecule has 6 nitrogen and oxygen atoms in total. The monoisotopic (exact) mass is 337 g/mol. The Morgan fingerprint density at radius 2 is 2.00 bits per heavy atom. The van der Waals surface area contributed by atoms with Gasteiger partial charge >= 0.3 is 0 Å². The van der Waals surface area contributed by atoms with Crippen molar-refractivity contribution in [3.05, 3.63) is 36.2 Å². The molecule has 0 radical (unpaired) electrons. The van der Waals surface area contributed by atoms with E-state index in [-0.39, 0.29) is 0 Å². The van der Waals surface area contributed by atoms with Crippen molar-refractivity contribution in [1.82, 2.24) is 20.4 Å². The van der Waals surface area contributed by atoms with Gasteiger partial charge in [-0.1, -0.05) is 42.4 Å².